The third kappa shape index (κ3) is 2.54. The summed E-state index contributed by atoms with van der Waals surface area (Å²) < 4.78 is 0. The number of hydrogen-bond donors (Lipinski definition) is 1. The summed E-state index contributed by atoms with van der Waals surface area (Å²) in [6.07, 6.45) is 1.56. The van der Waals surface area contributed by atoms with E-state index in [-0.39, 0.29) is 5.92 Å². The average Bonchev–Trinajstić information content (AvgIpc) is 2.77. The summed E-state index contributed by atoms with van der Waals surface area (Å²) in [6.45, 7) is 5.23. The Balaban J connectivity index is 2.18. The number of carboxylic acid groups (broad SMARTS) is 1. The molecular formula is C12H17N3O2. The van der Waals surface area contributed by atoms with E-state index < -0.39 is 5.97 Å². The Hall–Kier alpha value is -1.65. The number of nitrogens with zero attached hydrogens (tertiary/aromatic N) is 3. The second-order valence-corrected chi connectivity index (χ2v) is 4.39. The van der Waals surface area contributed by atoms with Crippen LogP contribution < -0.4 is 4.90 Å². The number of aryl methyl sites for hydroxylation is 2. The molecule has 0 amide bonds. The molecule has 92 valence electrons. The SMILES string of the molecule is CCc1cc(N2CC[C@H](C(=O)O)C2)nc(C)n1. The zero-order chi connectivity index (χ0) is 12.4. The topological polar surface area (TPSA) is 66.3 Å². The van der Waals surface area contributed by atoms with E-state index in [1.54, 1.807) is 0 Å². The van der Waals surface area contributed by atoms with Gasteiger partial charge >= 0.3 is 5.97 Å². The zero-order valence-electron chi connectivity index (χ0n) is 10.2. The number of aromatic nitrogens is 2. The molecule has 0 unspecified atom stereocenters. The molecule has 2 rings (SSSR count). The van der Waals surface area contributed by atoms with Gasteiger partial charge in [0.15, 0.2) is 0 Å². The minimum Gasteiger partial charge on any atom is -0.481 e. The van der Waals surface area contributed by atoms with Gasteiger partial charge in [-0.25, -0.2) is 9.97 Å². The molecule has 1 aromatic heterocycles. The van der Waals surface area contributed by atoms with Crippen LogP contribution >= 0.6 is 0 Å². The number of rotatable bonds is 3. The summed E-state index contributed by atoms with van der Waals surface area (Å²) in [4.78, 5) is 21.6. The highest BCUT2D eigenvalue weighted by molar-refractivity contribution is 5.71. The van der Waals surface area contributed by atoms with Gasteiger partial charge in [-0.15, -0.1) is 0 Å². The van der Waals surface area contributed by atoms with Crippen LogP contribution in [0.5, 0.6) is 0 Å². The van der Waals surface area contributed by atoms with Crippen LogP contribution in [0.25, 0.3) is 0 Å². The largest absolute Gasteiger partial charge is 0.481 e. The van der Waals surface area contributed by atoms with Crippen LogP contribution in [-0.4, -0.2) is 34.1 Å². The molecule has 17 heavy (non-hydrogen) atoms. The fourth-order valence-corrected chi connectivity index (χ4v) is 2.13. The van der Waals surface area contributed by atoms with E-state index in [2.05, 4.69) is 16.9 Å². The summed E-state index contributed by atoms with van der Waals surface area (Å²) >= 11 is 0. The lowest BCUT2D eigenvalue weighted by Crippen LogP contribution is -2.24. The predicted octanol–water partition coefficient (Wildman–Crippen LogP) is 1.26. The number of carbonyl (C=O) groups is 1. The Bertz CT molecular complexity index is 434. The molecule has 0 spiro atoms. The van der Waals surface area contributed by atoms with Crippen molar-refractivity contribution in [2.24, 2.45) is 5.92 Å². The van der Waals surface area contributed by atoms with Crippen LogP contribution in [0.2, 0.25) is 0 Å². The molecule has 1 atom stereocenters. The highest BCUT2D eigenvalue weighted by atomic mass is 16.4. The molecule has 0 aromatic carbocycles. The summed E-state index contributed by atoms with van der Waals surface area (Å²) in [5, 5.41) is 8.97. The van der Waals surface area contributed by atoms with Crippen LogP contribution in [0.3, 0.4) is 0 Å². The van der Waals surface area contributed by atoms with E-state index in [0.29, 0.717) is 13.0 Å². The van der Waals surface area contributed by atoms with Crippen molar-refractivity contribution in [1.29, 1.82) is 0 Å². The lowest BCUT2D eigenvalue weighted by molar-refractivity contribution is -0.140. The minimum absolute atomic E-state index is 0.268. The first-order valence-corrected chi connectivity index (χ1v) is 5.92. The highest BCUT2D eigenvalue weighted by Crippen LogP contribution is 2.23. The van der Waals surface area contributed by atoms with E-state index in [0.717, 1.165) is 30.3 Å². The van der Waals surface area contributed by atoms with Crippen molar-refractivity contribution in [2.45, 2.75) is 26.7 Å². The van der Waals surface area contributed by atoms with Gasteiger partial charge in [-0.3, -0.25) is 4.79 Å². The van der Waals surface area contributed by atoms with Crippen LogP contribution in [-0.2, 0) is 11.2 Å². The minimum atomic E-state index is -0.714. The maximum absolute atomic E-state index is 10.9. The maximum Gasteiger partial charge on any atom is 0.308 e. The third-order valence-corrected chi connectivity index (χ3v) is 3.10. The van der Waals surface area contributed by atoms with Crippen LogP contribution in [0.1, 0.15) is 24.9 Å². The molecule has 1 aliphatic rings. The Morgan fingerprint density at radius 3 is 2.94 bits per heavy atom. The standard InChI is InChI=1S/C12H17N3O2/c1-3-10-6-11(14-8(2)13-10)15-5-4-9(7-15)12(16)17/h6,9H,3-5,7H2,1-2H3,(H,16,17)/t9-/m0/s1. The molecule has 2 heterocycles. The molecular weight excluding hydrogens is 218 g/mol. The Kier molecular flexibility index (Phi) is 3.26. The predicted molar refractivity (Wildman–Crippen MR) is 64.1 cm³/mol. The van der Waals surface area contributed by atoms with Gasteiger partial charge in [0.25, 0.3) is 0 Å². The molecule has 1 saturated heterocycles. The van der Waals surface area contributed by atoms with Crippen molar-refractivity contribution >= 4 is 11.8 Å². The normalized spacial score (nSPS) is 19.6. The van der Waals surface area contributed by atoms with Crippen molar-refractivity contribution < 1.29 is 9.90 Å². The number of hydrogen-bond acceptors (Lipinski definition) is 4. The summed E-state index contributed by atoms with van der Waals surface area (Å²) in [5.74, 6) is 0.626. The second-order valence-electron chi connectivity index (χ2n) is 4.39. The van der Waals surface area contributed by atoms with Crippen LogP contribution in [0.15, 0.2) is 6.07 Å². The summed E-state index contributed by atoms with van der Waals surface area (Å²) in [5.41, 5.74) is 1.01. The average molecular weight is 235 g/mol. The van der Waals surface area contributed by atoms with E-state index >= 15 is 0 Å². The lowest BCUT2D eigenvalue weighted by Gasteiger charge is -2.17. The number of anilines is 1. The van der Waals surface area contributed by atoms with Gasteiger partial charge in [0.05, 0.1) is 5.92 Å². The van der Waals surface area contributed by atoms with Gasteiger partial charge < -0.3 is 10.0 Å². The van der Waals surface area contributed by atoms with Crippen LogP contribution in [0.4, 0.5) is 5.82 Å². The van der Waals surface area contributed by atoms with Crippen molar-refractivity contribution in [1.82, 2.24) is 9.97 Å². The Morgan fingerprint density at radius 1 is 1.59 bits per heavy atom. The Labute approximate surface area is 100 Å². The fraction of sp³-hybridized carbons (Fsp3) is 0.583. The molecule has 0 radical (unpaired) electrons. The molecule has 5 heteroatoms. The maximum atomic E-state index is 10.9. The molecule has 0 aliphatic carbocycles. The molecule has 1 fully saturated rings. The quantitative estimate of drug-likeness (QED) is 0.854. The molecule has 1 aromatic rings. The van der Waals surface area contributed by atoms with Crippen molar-refractivity contribution in [3.63, 3.8) is 0 Å². The van der Waals surface area contributed by atoms with Gasteiger partial charge in [-0.2, -0.15) is 0 Å². The van der Waals surface area contributed by atoms with E-state index in [9.17, 15) is 4.79 Å². The van der Waals surface area contributed by atoms with Gasteiger partial charge in [0.1, 0.15) is 11.6 Å². The first-order valence-electron chi connectivity index (χ1n) is 5.92. The molecule has 0 bridgehead atoms. The van der Waals surface area contributed by atoms with Crippen molar-refractivity contribution in [3.05, 3.63) is 17.6 Å². The second kappa shape index (κ2) is 4.69. The zero-order valence-corrected chi connectivity index (χ0v) is 10.2. The Morgan fingerprint density at radius 2 is 2.35 bits per heavy atom. The fourth-order valence-electron chi connectivity index (χ4n) is 2.13. The molecule has 1 aliphatic heterocycles. The number of aliphatic carboxylic acids is 1. The summed E-state index contributed by atoms with van der Waals surface area (Å²) in [7, 11) is 0. The van der Waals surface area contributed by atoms with Crippen molar-refractivity contribution in [3.8, 4) is 0 Å². The van der Waals surface area contributed by atoms with Gasteiger partial charge in [-0.1, -0.05) is 6.92 Å². The van der Waals surface area contributed by atoms with Gasteiger partial charge in [0.2, 0.25) is 0 Å². The lowest BCUT2D eigenvalue weighted by atomic mass is 10.1. The molecule has 1 N–H and O–H groups in total. The number of carboxylic acids is 1. The third-order valence-electron chi connectivity index (χ3n) is 3.10. The van der Waals surface area contributed by atoms with Crippen molar-refractivity contribution in [2.75, 3.05) is 18.0 Å². The van der Waals surface area contributed by atoms with E-state index in [1.165, 1.54) is 0 Å². The first-order chi connectivity index (χ1) is 8.10. The van der Waals surface area contributed by atoms with Crippen LogP contribution in [0, 0.1) is 12.8 Å². The first kappa shape index (κ1) is 11.8. The monoisotopic (exact) mass is 235 g/mol. The van der Waals surface area contributed by atoms with Gasteiger partial charge in [-0.05, 0) is 19.8 Å². The molecule has 0 saturated carbocycles. The highest BCUT2D eigenvalue weighted by Gasteiger charge is 2.28. The van der Waals surface area contributed by atoms with E-state index in [4.69, 9.17) is 5.11 Å². The smallest absolute Gasteiger partial charge is 0.308 e. The molecule has 5 nitrogen and oxygen atoms in total. The van der Waals surface area contributed by atoms with E-state index in [1.807, 2.05) is 17.9 Å². The van der Waals surface area contributed by atoms with Gasteiger partial charge in [0, 0.05) is 24.8 Å². The summed E-state index contributed by atoms with van der Waals surface area (Å²) in [6, 6.07) is 1.96.